The van der Waals surface area contributed by atoms with Crippen LogP contribution in [0.5, 0.6) is 0 Å². The van der Waals surface area contributed by atoms with Crippen LogP contribution in [0.15, 0.2) is 84.3 Å². The standard InChI is InChI=1S/C46H53FN10O3/c1-3-23-56-44(60)38-28-48-45(53-42(38)57(56)39-17-9-32-6-5-30(4-2)41(32)51-39)50-34-10-14-36(15-11-34)55-26-21-46(47,22-27-55)29-49-33-19-24-54(25-20-33)35-12-7-31(8-13-35)37-16-18-40(58)52-43(37)59/h3,7-15,17,28,30,33,37,49H,1,4-6,16,18-27,29H2,2H3,(H,48,50,53)(H,52,58,59). The van der Waals surface area contributed by atoms with Gasteiger partial charge in [-0.05, 0) is 92.1 Å². The predicted octanol–water partition coefficient (Wildman–Crippen LogP) is 6.43. The van der Waals surface area contributed by atoms with Gasteiger partial charge >= 0.3 is 0 Å². The first-order valence-corrected chi connectivity index (χ1v) is 21.5. The number of anilines is 4. The zero-order valence-corrected chi connectivity index (χ0v) is 34.2. The lowest BCUT2D eigenvalue weighted by Crippen LogP contribution is -2.51. The number of piperidine rings is 3. The van der Waals surface area contributed by atoms with E-state index in [9.17, 15) is 14.4 Å². The molecule has 2 aromatic carbocycles. The smallest absolute Gasteiger partial charge is 0.278 e. The second-order valence-corrected chi connectivity index (χ2v) is 16.8. The van der Waals surface area contributed by atoms with Gasteiger partial charge in [0.2, 0.25) is 17.8 Å². The van der Waals surface area contributed by atoms with Gasteiger partial charge in [-0.25, -0.2) is 23.7 Å². The molecule has 60 heavy (non-hydrogen) atoms. The van der Waals surface area contributed by atoms with Crippen LogP contribution in [-0.2, 0) is 22.6 Å². The third-order valence-corrected chi connectivity index (χ3v) is 13.1. The van der Waals surface area contributed by atoms with Crippen LogP contribution in [0.1, 0.15) is 86.9 Å². The molecule has 6 heterocycles. The van der Waals surface area contributed by atoms with Gasteiger partial charge < -0.3 is 20.4 Å². The molecule has 4 aliphatic rings. The molecule has 312 valence electrons. The number of hydrogen-bond acceptors (Lipinski definition) is 10. The van der Waals surface area contributed by atoms with Crippen LogP contribution in [0.4, 0.5) is 27.4 Å². The lowest BCUT2D eigenvalue weighted by molar-refractivity contribution is -0.134. The Morgan fingerprint density at radius 2 is 1.60 bits per heavy atom. The lowest BCUT2D eigenvalue weighted by Gasteiger charge is -2.40. The number of allylic oxidation sites excluding steroid dienone is 1. The van der Waals surface area contributed by atoms with Crippen molar-refractivity contribution in [3.8, 4) is 5.82 Å². The zero-order valence-electron chi connectivity index (χ0n) is 34.2. The van der Waals surface area contributed by atoms with Crippen molar-refractivity contribution in [1.82, 2.24) is 34.9 Å². The molecule has 3 N–H and O–H groups in total. The number of nitrogens with zero attached hydrogens (tertiary/aromatic N) is 7. The molecule has 2 unspecified atom stereocenters. The minimum atomic E-state index is -1.25. The van der Waals surface area contributed by atoms with Crippen molar-refractivity contribution in [2.75, 3.05) is 47.8 Å². The Kier molecular flexibility index (Phi) is 11.0. The van der Waals surface area contributed by atoms with E-state index in [0.29, 0.717) is 80.6 Å². The number of benzene rings is 2. The normalized spacial score (nSPS) is 20.6. The van der Waals surface area contributed by atoms with Crippen LogP contribution in [0.2, 0.25) is 0 Å². The Hall–Kier alpha value is -5.89. The monoisotopic (exact) mass is 812 g/mol. The fraction of sp³-hybridized carbons (Fsp3) is 0.435. The number of aryl methyl sites for hydroxylation is 1. The molecule has 0 radical (unpaired) electrons. The van der Waals surface area contributed by atoms with Gasteiger partial charge in [-0.15, -0.1) is 6.58 Å². The molecule has 2 atom stereocenters. The summed E-state index contributed by atoms with van der Waals surface area (Å²) in [5.41, 5.74) is 5.30. The Labute approximate surface area is 349 Å². The second-order valence-electron chi connectivity index (χ2n) is 16.8. The fourth-order valence-corrected chi connectivity index (χ4v) is 9.47. The van der Waals surface area contributed by atoms with E-state index in [1.807, 2.05) is 42.5 Å². The Morgan fingerprint density at radius 3 is 2.30 bits per heavy atom. The van der Waals surface area contributed by atoms with Gasteiger partial charge in [0.1, 0.15) is 11.1 Å². The summed E-state index contributed by atoms with van der Waals surface area (Å²) in [6.45, 7) is 9.75. The van der Waals surface area contributed by atoms with Crippen molar-refractivity contribution in [2.24, 2.45) is 0 Å². The topological polar surface area (TPSA) is 142 Å². The molecule has 0 spiro atoms. The van der Waals surface area contributed by atoms with Crippen molar-refractivity contribution in [2.45, 2.75) is 94.8 Å². The number of pyridine rings is 1. The number of alkyl halides is 1. The highest BCUT2D eigenvalue weighted by atomic mass is 19.1. The number of hydrogen-bond donors (Lipinski definition) is 3. The first kappa shape index (κ1) is 39.6. The SMILES string of the molecule is C=CCn1c(=O)c2cnc(Nc3ccc(N4CCC(F)(CNC5CCN(c6ccc(C7CCC(=O)NC7=O)cc6)CC5)CC4)cc3)nc2n1-c1ccc2c(n1)C(CC)CC2. The van der Waals surface area contributed by atoms with E-state index in [1.165, 1.54) is 5.56 Å². The van der Waals surface area contributed by atoms with Gasteiger partial charge in [-0.1, -0.05) is 31.2 Å². The second kappa shape index (κ2) is 16.6. The fourth-order valence-electron chi connectivity index (χ4n) is 9.47. The first-order valence-electron chi connectivity index (χ1n) is 21.5. The Balaban J connectivity index is 0.779. The quantitative estimate of drug-likeness (QED) is 0.0953. The molecular weight excluding hydrogens is 760 g/mol. The predicted molar refractivity (Wildman–Crippen MR) is 232 cm³/mol. The van der Waals surface area contributed by atoms with E-state index in [0.717, 1.165) is 73.5 Å². The summed E-state index contributed by atoms with van der Waals surface area (Å²) < 4.78 is 19.5. The summed E-state index contributed by atoms with van der Waals surface area (Å²) >= 11 is 0. The maximum atomic E-state index is 16.1. The minimum Gasteiger partial charge on any atom is -0.371 e. The summed E-state index contributed by atoms with van der Waals surface area (Å²) in [6.07, 6.45) is 10.1. The number of carbonyl (C=O) groups excluding carboxylic acids is 2. The molecule has 3 saturated heterocycles. The molecule has 5 aromatic rings. The largest absolute Gasteiger partial charge is 0.371 e. The molecule has 1 aliphatic carbocycles. The molecule has 0 bridgehead atoms. The van der Waals surface area contributed by atoms with Crippen LogP contribution in [0.3, 0.4) is 0 Å². The number of halogens is 1. The highest BCUT2D eigenvalue weighted by molar-refractivity contribution is 6.01. The van der Waals surface area contributed by atoms with Gasteiger partial charge in [0, 0.05) is 92.9 Å². The van der Waals surface area contributed by atoms with E-state index < -0.39 is 5.67 Å². The number of amides is 2. The zero-order chi connectivity index (χ0) is 41.4. The molecule has 3 fully saturated rings. The van der Waals surface area contributed by atoms with E-state index >= 15 is 4.39 Å². The van der Waals surface area contributed by atoms with Crippen molar-refractivity contribution >= 4 is 45.9 Å². The van der Waals surface area contributed by atoms with Crippen LogP contribution in [0.25, 0.3) is 16.9 Å². The van der Waals surface area contributed by atoms with Gasteiger partial charge in [0.15, 0.2) is 11.5 Å². The van der Waals surface area contributed by atoms with E-state index in [2.05, 4.69) is 62.4 Å². The van der Waals surface area contributed by atoms with Gasteiger partial charge in [0.25, 0.3) is 5.56 Å². The molecule has 2 amide bonds. The van der Waals surface area contributed by atoms with Gasteiger partial charge in [0.05, 0.1) is 12.5 Å². The van der Waals surface area contributed by atoms with Gasteiger partial charge in [-0.2, -0.15) is 4.98 Å². The third-order valence-electron chi connectivity index (χ3n) is 13.1. The molecule has 0 saturated carbocycles. The van der Waals surface area contributed by atoms with Crippen LogP contribution in [0, 0.1) is 0 Å². The van der Waals surface area contributed by atoms with E-state index in [1.54, 1.807) is 21.6 Å². The summed E-state index contributed by atoms with van der Waals surface area (Å²) in [4.78, 5) is 56.3. The lowest BCUT2D eigenvalue weighted by atomic mass is 9.90. The first-order chi connectivity index (χ1) is 29.2. The maximum absolute atomic E-state index is 16.1. The molecule has 3 aliphatic heterocycles. The van der Waals surface area contributed by atoms with Crippen molar-refractivity contribution in [3.63, 3.8) is 0 Å². The number of rotatable bonds is 12. The highest BCUT2D eigenvalue weighted by Crippen LogP contribution is 2.35. The van der Waals surface area contributed by atoms with Crippen LogP contribution >= 0.6 is 0 Å². The molecule has 3 aromatic heterocycles. The minimum absolute atomic E-state index is 0.195. The van der Waals surface area contributed by atoms with Crippen LogP contribution in [-0.4, -0.2) is 80.6 Å². The summed E-state index contributed by atoms with van der Waals surface area (Å²) in [5.74, 6) is 0.734. The van der Waals surface area contributed by atoms with Crippen molar-refractivity contribution in [1.29, 1.82) is 0 Å². The number of carbonyl (C=O) groups is 2. The highest BCUT2D eigenvalue weighted by Gasteiger charge is 2.36. The summed E-state index contributed by atoms with van der Waals surface area (Å²) in [5, 5.41) is 9.73. The molecule has 13 nitrogen and oxygen atoms in total. The molecule has 14 heteroatoms. The van der Waals surface area contributed by atoms with Crippen molar-refractivity contribution < 1.29 is 14.0 Å². The van der Waals surface area contributed by atoms with Crippen molar-refractivity contribution in [3.05, 3.63) is 107 Å². The van der Waals surface area contributed by atoms with E-state index in [4.69, 9.17) is 9.97 Å². The summed E-state index contributed by atoms with van der Waals surface area (Å²) in [6, 6.07) is 20.5. The molecule has 9 rings (SSSR count). The van der Waals surface area contributed by atoms with Gasteiger partial charge in [-0.3, -0.25) is 19.7 Å². The average Bonchev–Trinajstić information content (AvgIpc) is 3.81. The number of aromatic nitrogens is 5. The third kappa shape index (κ3) is 7.92. The number of fused-ring (bicyclic) bond motifs is 2. The number of imide groups is 1. The Morgan fingerprint density at radius 1 is 0.883 bits per heavy atom. The van der Waals surface area contributed by atoms with Crippen LogP contribution < -0.4 is 31.3 Å². The van der Waals surface area contributed by atoms with E-state index in [-0.39, 0.29) is 29.3 Å². The average molecular weight is 813 g/mol. The molecular formula is C46H53FN10O3. The maximum Gasteiger partial charge on any atom is 0.278 e. The Bertz CT molecular complexity index is 2450. The summed E-state index contributed by atoms with van der Waals surface area (Å²) in [7, 11) is 0. The number of nitrogens with one attached hydrogen (secondary N) is 3.